The first-order chi connectivity index (χ1) is 10.4. The zero-order chi connectivity index (χ0) is 14.5. The molecule has 0 amide bonds. The summed E-state index contributed by atoms with van der Waals surface area (Å²) >= 11 is 0. The van der Waals surface area contributed by atoms with Gasteiger partial charge in [-0.3, -0.25) is 0 Å². The van der Waals surface area contributed by atoms with Crippen LogP contribution in [-0.4, -0.2) is 11.4 Å². The van der Waals surface area contributed by atoms with Gasteiger partial charge < -0.3 is 9.94 Å². The van der Waals surface area contributed by atoms with Gasteiger partial charge in [-0.15, -0.1) is 0 Å². The summed E-state index contributed by atoms with van der Waals surface area (Å²) in [5, 5.41) is 14.2. The minimum absolute atomic E-state index is 0.478. The fraction of sp³-hybridized carbons (Fsp3) is 0.0556. The molecule has 21 heavy (non-hydrogen) atoms. The predicted octanol–water partition coefficient (Wildman–Crippen LogP) is 4.23. The van der Waals surface area contributed by atoms with E-state index in [0.29, 0.717) is 12.4 Å². The summed E-state index contributed by atoms with van der Waals surface area (Å²) in [6.45, 7) is 0.478. The van der Waals surface area contributed by atoms with Crippen molar-refractivity contribution in [3.05, 3.63) is 77.9 Å². The molecule has 0 aliphatic carbocycles. The van der Waals surface area contributed by atoms with Crippen LogP contribution in [0.25, 0.3) is 10.8 Å². The Morgan fingerprint density at radius 1 is 0.905 bits per heavy atom. The number of oxime groups is 1. The third-order valence-corrected chi connectivity index (χ3v) is 3.35. The fourth-order valence-corrected chi connectivity index (χ4v) is 2.33. The van der Waals surface area contributed by atoms with Crippen LogP contribution in [0, 0.1) is 0 Å². The highest BCUT2D eigenvalue weighted by Crippen LogP contribution is 2.27. The quantitative estimate of drug-likeness (QED) is 0.440. The maximum atomic E-state index is 8.90. The van der Waals surface area contributed by atoms with Crippen molar-refractivity contribution in [3.8, 4) is 5.75 Å². The first-order valence-corrected chi connectivity index (χ1v) is 6.74. The van der Waals surface area contributed by atoms with Gasteiger partial charge in [0.2, 0.25) is 0 Å². The monoisotopic (exact) mass is 277 g/mol. The third kappa shape index (κ3) is 2.87. The molecule has 0 saturated carbocycles. The lowest BCUT2D eigenvalue weighted by molar-refractivity contribution is 0.304. The van der Waals surface area contributed by atoms with Crippen molar-refractivity contribution in [3.63, 3.8) is 0 Å². The van der Waals surface area contributed by atoms with Crippen LogP contribution in [0.1, 0.15) is 11.1 Å². The van der Waals surface area contributed by atoms with Gasteiger partial charge in [-0.25, -0.2) is 0 Å². The summed E-state index contributed by atoms with van der Waals surface area (Å²) in [5.41, 5.74) is 1.88. The maximum Gasteiger partial charge on any atom is 0.129 e. The van der Waals surface area contributed by atoms with Gasteiger partial charge in [0, 0.05) is 5.56 Å². The first-order valence-electron chi connectivity index (χ1n) is 6.74. The molecular formula is C18H15NO2. The molecule has 3 rings (SSSR count). The molecule has 0 radical (unpaired) electrons. The van der Waals surface area contributed by atoms with E-state index < -0.39 is 0 Å². The summed E-state index contributed by atoms with van der Waals surface area (Å²) < 4.78 is 5.88. The first kappa shape index (κ1) is 13.2. The Morgan fingerprint density at radius 2 is 1.67 bits per heavy atom. The summed E-state index contributed by atoms with van der Waals surface area (Å²) in [4.78, 5) is 0. The normalized spacial score (nSPS) is 11.0. The second-order valence-corrected chi connectivity index (χ2v) is 4.72. The Kier molecular flexibility index (Phi) is 3.83. The van der Waals surface area contributed by atoms with Gasteiger partial charge in [0.15, 0.2) is 0 Å². The second-order valence-electron chi connectivity index (χ2n) is 4.72. The third-order valence-electron chi connectivity index (χ3n) is 3.35. The standard InChI is InChI=1S/C18H15NO2/c20-19-12-17-16-9-5-4-8-15(16)10-11-18(17)21-13-14-6-2-1-3-7-14/h1-12,20H,13H2/b19-12+. The molecule has 0 aliphatic heterocycles. The highest BCUT2D eigenvalue weighted by atomic mass is 16.5. The van der Waals surface area contributed by atoms with E-state index >= 15 is 0 Å². The second kappa shape index (κ2) is 6.09. The molecule has 3 aromatic rings. The van der Waals surface area contributed by atoms with Gasteiger partial charge in [-0.1, -0.05) is 65.8 Å². The number of benzene rings is 3. The van der Waals surface area contributed by atoms with E-state index in [9.17, 15) is 0 Å². The van der Waals surface area contributed by atoms with Crippen LogP contribution < -0.4 is 4.74 Å². The van der Waals surface area contributed by atoms with Crippen LogP contribution in [0.4, 0.5) is 0 Å². The largest absolute Gasteiger partial charge is 0.488 e. The molecule has 3 heteroatoms. The molecule has 0 bridgehead atoms. The van der Waals surface area contributed by atoms with Gasteiger partial charge in [0.1, 0.15) is 12.4 Å². The molecule has 0 atom stereocenters. The zero-order valence-corrected chi connectivity index (χ0v) is 11.4. The van der Waals surface area contributed by atoms with Crippen molar-refractivity contribution in [2.45, 2.75) is 6.61 Å². The SMILES string of the molecule is O/N=C/c1c(OCc2ccccc2)ccc2ccccc12. The van der Waals surface area contributed by atoms with Crippen LogP contribution in [0.15, 0.2) is 71.9 Å². The van der Waals surface area contributed by atoms with E-state index in [1.165, 1.54) is 6.21 Å². The number of ether oxygens (including phenoxy) is 1. The molecule has 0 saturated heterocycles. The Bertz CT molecular complexity index is 767. The minimum atomic E-state index is 0.478. The van der Waals surface area contributed by atoms with Crippen molar-refractivity contribution in [1.82, 2.24) is 0 Å². The summed E-state index contributed by atoms with van der Waals surface area (Å²) in [5.74, 6) is 0.704. The van der Waals surface area contributed by atoms with Gasteiger partial charge in [-0.05, 0) is 22.4 Å². The van der Waals surface area contributed by atoms with Crippen molar-refractivity contribution in [1.29, 1.82) is 0 Å². The lowest BCUT2D eigenvalue weighted by Gasteiger charge is -2.11. The van der Waals surface area contributed by atoms with E-state index in [1.807, 2.05) is 66.7 Å². The molecule has 0 heterocycles. The molecular weight excluding hydrogens is 262 g/mol. The average Bonchev–Trinajstić information content (AvgIpc) is 2.55. The summed E-state index contributed by atoms with van der Waals surface area (Å²) in [6.07, 6.45) is 1.42. The molecule has 104 valence electrons. The Balaban J connectivity index is 1.96. The van der Waals surface area contributed by atoms with Crippen LogP contribution in [0.2, 0.25) is 0 Å². The predicted molar refractivity (Wildman–Crippen MR) is 84.1 cm³/mol. The molecule has 0 fully saturated rings. The topological polar surface area (TPSA) is 41.8 Å². The van der Waals surface area contributed by atoms with E-state index in [-0.39, 0.29) is 0 Å². The fourth-order valence-electron chi connectivity index (χ4n) is 2.33. The molecule has 3 nitrogen and oxygen atoms in total. The van der Waals surface area contributed by atoms with E-state index in [0.717, 1.165) is 21.9 Å². The smallest absolute Gasteiger partial charge is 0.129 e. The van der Waals surface area contributed by atoms with Gasteiger partial charge in [0.05, 0.1) is 6.21 Å². The Hall–Kier alpha value is -2.81. The van der Waals surface area contributed by atoms with E-state index in [1.54, 1.807) is 0 Å². The number of nitrogens with zero attached hydrogens (tertiary/aromatic N) is 1. The lowest BCUT2D eigenvalue weighted by atomic mass is 10.0. The van der Waals surface area contributed by atoms with Crippen LogP contribution in [-0.2, 0) is 6.61 Å². The number of hydrogen-bond acceptors (Lipinski definition) is 3. The molecule has 0 aliphatic rings. The lowest BCUT2D eigenvalue weighted by Crippen LogP contribution is -1.99. The number of hydrogen-bond donors (Lipinski definition) is 1. The molecule has 1 N–H and O–H groups in total. The molecule has 0 aromatic heterocycles. The molecule has 0 spiro atoms. The Labute approximate surface area is 123 Å². The van der Waals surface area contributed by atoms with Crippen molar-refractivity contribution in [2.24, 2.45) is 5.16 Å². The minimum Gasteiger partial charge on any atom is -0.488 e. The van der Waals surface area contributed by atoms with Gasteiger partial charge >= 0.3 is 0 Å². The van der Waals surface area contributed by atoms with E-state index in [2.05, 4.69) is 5.16 Å². The zero-order valence-electron chi connectivity index (χ0n) is 11.4. The highest BCUT2D eigenvalue weighted by molar-refractivity contribution is 6.02. The van der Waals surface area contributed by atoms with Crippen LogP contribution in [0.3, 0.4) is 0 Å². The highest BCUT2D eigenvalue weighted by Gasteiger charge is 2.07. The number of fused-ring (bicyclic) bond motifs is 1. The van der Waals surface area contributed by atoms with Crippen LogP contribution in [0.5, 0.6) is 5.75 Å². The summed E-state index contributed by atoms with van der Waals surface area (Å²) in [7, 11) is 0. The van der Waals surface area contributed by atoms with Crippen molar-refractivity contribution >= 4 is 17.0 Å². The Morgan fingerprint density at radius 3 is 2.48 bits per heavy atom. The van der Waals surface area contributed by atoms with Crippen molar-refractivity contribution < 1.29 is 9.94 Å². The molecule has 0 unspecified atom stereocenters. The van der Waals surface area contributed by atoms with Gasteiger partial charge in [0.25, 0.3) is 0 Å². The van der Waals surface area contributed by atoms with E-state index in [4.69, 9.17) is 9.94 Å². The number of rotatable bonds is 4. The average molecular weight is 277 g/mol. The van der Waals surface area contributed by atoms with Gasteiger partial charge in [-0.2, -0.15) is 0 Å². The van der Waals surface area contributed by atoms with Crippen LogP contribution >= 0.6 is 0 Å². The van der Waals surface area contributed by atoms with Crippen molar-refractivity contribution in [2.75, 3.05) is 0 Å². The molecule has 3 aromatic carbocycles. The summed E-state index contributed by atoms with van der Waals surface area (Å²) in [6, 6.07) is 21.8. The maximum absolute atomic E-state index is 8.90.